The third-order valence-corrected chi connectivity index (χ3v) is 4.16. The summed E-state index contributed by atoms with van der Waals surface area (Å²) in [6, 6.07) is 3.66. The average Bonchev–Trinajstić information content (AvgIpc) is 3.18. The van der Waals surface area contributed by atoms with Crippen LogP contribution in [0.15, 0.2) is 16.7 Å². The first kappa shape index (κ1) is 14.8. The summed E-state index contributed by atoms with van der Waals surface area (Å²) in [6.07, 6.45) is 1.67. The molecule has 6 heteroatoms. The molecule has 0 aliphatic heterocycles. The van der Waals surface area contributed by atoms with Crippen molar-refractivity contribution in [1.82, 2.24) is 15.0 Å². The maximum atomic E-state index is 12.3. The number of nitrogens with one attached hydrogen (secondary N) is 1. The SMILES string of the molecule is Cc1cc(-n2c(C)cc(C(=O)NCC(O)C3CC3)c2C)no1. The van der Waals surface area contributed by atoms with Gasteiger partial charge in [-0.1, -0.05) is 5.16 Å². The van der Waals surface area contributed by atoms with Crippen LogP contribution in [0.2, 0.25) is 0 Å². The maximum Gasteiger partial charge on any atom is 0.253 e. The lowest BCUT2D eigenvalue weighted by atomic mass is 10.2. The van der Waals surface area contributed by atoms with Gasteiger partial charge in [0.1, 0.15) is 5.76 Å². The second-order valence-electron chi connectivity index (χ2n) is 6.03. The highest BCUT2D eigenvalue weighted by Gasteiger charge is 2.30. The molecule has 0 saturated heterocycles. The van der Waals surface area contributed by atoms with E-state index in [0.717, 1.165) is 30.0 Å². The quantitative estimate of drug-likeness (QED) is 0.884. The summed E-state index contributed by atoms with van der Waals surface area (Å²) in [5.41, 5.74) is 2.32. The first-order chi connectivity index (χ1) is 10.5. The van der Waals surface area contributed by atoms with Crippen LogP contribution in [-0.4, -0.2) is 33.4 Å². The van der Waals surface area contributed by atoms with E-state index in [2.05, 4.69) is 10.5 Å². The molecule has 1 saturated carbocycles. The molecule has 1 aliphatic rings. The van der Waals surface area contributed by atoms with Gasteiger partial charge in [-0.3, -0.25) is 9.36 Å². The zero-order chi connectivity index (χ0) is 15.9. The highest BCUT2D eigenvalue weighted by Crippen LogP contribution is 2.32. The summed E-state index contributed by atoms with van der Waals surface area (Å²) < 4.78 is 7.00. The van der Waals surface area contributed by atoms with Crippen molar-refractivity contribution in [2.24, 2.45) is 5.92 Å². The average molecular weight is 303 g/mol. The first-order valence-corrected chi connectivity index (χ1v) is 7.56. The predicted octanol–water partition coefficient (Wildman–Crippen LogP) is 1.89. The van der Waals surface area contributed by atoms with Crippen LogP contribution in [-0.2, 0) is 0 Å². The van der Waals surface area contributed by atoms with Gasteiger partial charge in [0.15, 0.2) is 5.82 Å². The van der Waals surface area contributed by atoms with E-state index in [1.165, 1.54) is 0 Å². The number of aromatic nitrogens is 2. The van der Waals surface area contributed by atoms with Crippen LogP contribution in [0.5, 0.6) is 0 Å². The molecular weight excluding hydrogens is 282 g/mol. The molecule has 2 N–H and O–H groups in total. The standard InChI is InChI=1S/C16H21N3O3/c1-9-6-13(16(21)17-8-14(20)12-4-5-12)11(3)19(9)15-7-10(2)22-18-15/h6-7,12,14,20H,4-5,8H2,1-3H3,(H,17,21). The molecule has 0 spiro atoms. The number of aliphatic hydroxyl groups is 1. The minimum absolute atomic E-state index is 0.167. The lowest BCUT2D eigenvalue weighted by Gasteiger charge is -2.10. The van der Waals surface area contributed by atoms with Crippen molar-refractivity contribution in [3.05, 3.63) is 34.8 Å². The molecule has 1 aliphatic carbocycles. The molecule has 0 radical (unpaired) electrons. The molecule has 1 unspecified atom stereocenters. The van der Waals surface area contributed by atoms with Gasteiger partial charge in [-0.05, 0) is 45.6 Å². The van der Waals surface area contributed by atoms with Crippen molar-refractivity contribution in [3.8, 4) is 5.82 Å². The molecule has 2 aromatic rings. The van der Waals surface area contributed by atoms with Gasteiger partial charge in [-0.15, -0.1) is 0 Å². The Balaban J connectivity index is 1.77. The van der Waals surface area contributed by atoms with E-state index in [-0.39, 0.29) is 5.91 Å². The van der Waals surface area contributed by atoms with Crippen molar-refractivity contribution in [3.63, 3.8) is 0 Å². The van der Waals surface area contributed by atoms with Crippen LogP contribution in [0.4, 0.5) is 0 Å². The van der Waals surface area contributed by atoms with Gasteiger partial charge in [0.05, 0.1) is 11.7 Å². The van der Waals surface area contributed by atoms with Crippen LogP contribution in [0.1, 0.15) is 40.3 Å². The smallest absolute Gasteiger partial charge is 0.253 e. The van der Waals surface area contributed by atoms with Crippen molar-refractivity contribution in [2.75, 3.05) is 6.54 Å². The molecule has 0 bridgehead atoms. The van der Waals surface area contributed by atoms with Gasteiger partial charge in [0.25, 0.3) is 5.91 Å². The Morgan fingerprint density at radius 2 is 2.18 bits per heavy atom. The Kier molecular flexibility index (Phi) is 3.78. The highest BCUT2D eigenvalue weighted by atomic mass is 16.5. The minimum atomic E-state index is -0.439. The molecule has 1 atom stereocenters. The van der Waals surface area contributed by atoms with E-state index in [9.17, 15) is 9.90 Å². The zero-order valence-corrected chi connectivity index (χ0v) is 13.1. The number of carbonyl (C=O) groups excluding carboxylic acids is 1. The maximum absolute atomic E-state index is 12.3. The third kappa shape index (κ3) is 2.78. The Labute approximate surface area is 129 Å². The Hall–Kier alpha value is -2.08. The summed E-state index contributed by atoms with van der Waals surface area (Å²) in [5.74, 6) is 1.58. The zero-order valence-electron chi connectivity index (χ0n) is 13.1. The van der Waals surface area contributed by atoms with Crippen LogP contribution in [0.25, 0.3) is 5.82 Å². The molecule has 2 heterocycles. The molecule has 2 aromatic heterocycles. The van der Waals surface area contributed by atoms with Gasteiger partial charge >= 0.3 is 0 Å². The topological polar surface area (TPSA) is 80.3 Å². The number of nitrogens with zero attached hydrogens (tertiary/aromatic N) is 2. The summed E-state index contributed by atoms with van der Waals surface area (Å²) >= 11 is 0. The Morgan fingerprint density at radius 3 is 2.77 bits per heavy atom. The van der Waals surface area contributed by atoms with Gasteiger partial charge in [-0.25, -0.2) is 0 Å². The van der Waals surface area contributed by atoms with E-state index in [1.54, 1.807) is 0 Å². The monoisotopic (exact) mass is 303 g/mol. The minimum Gasteiger partial charge on any atom is -0.391 e. The highest BCUT2D eigenvalue weighted by molar-refractivity contribution is 5.95. The lowest BCUT2D eigenvalue weighted by molar-refractivity contribution is 0.0900. The molecule has 3 rings (SSSR count). The summed E-state index contributed by atoms with van der Waals surface area (Å²) in [4.78, 5) is 12.3. The number of hydrogen-bond donors (Lipinski definition) is 2. The molecule has 6 nitrogen and oxygen atoms in total. The van der Waals surface area contributed by atoms with Crippen molar-refractivity contribution in [2.45, 2.75) is 39.7 Å². The fourth-order valence-corrected chi connectivity index (χ4v) is 2.74. The van der Waals surface area contributed by atoms with Crippen LogP contribution < -0.4 is 5.32 Å². The number of aryl methyl sites for hydroxylation is 2. The molecule has 1 fully saturated rings. The van der Waals surface area contributed by atoms with E-state index in [0.29, 0.717) is 23.8 Å². The molecule has 0 aromatic carbocycles. The summed E-state index contributed by atoms with van der Waals surface area (Å²) in [6.45, 7) is 5.93. The van der Waals surface area contributed by atoms with Crippen molar-refractivity contribution in [1.29, 1.82) is 0 Å². The van der Waals surface area contributed by atoms with E-state index >= 15 is 0 Å². The molecule has 118 valence electrons. The van der Waals surface area contributed by atoms with Gasteiger partial charge in [0.2, 0.25) is 0 Å². The Bertz CT molecular complexity index is 698. The largest absolute Gasteiger partial charge is 0.391 e. The Morgan fingerprint density at radius 1 is 1.45 bits per heavy atom. The normalized spacial score (nSPS) is 15.8. The molecule has 22 heavy (non-hydrogen) atoms. The fourth-order valence-electron chi connectivity index (χ4n) is 2.74. The fraction of sp³-hybridized carbons (Fsp3) is 0.500. The first-order valence-electron chi connectivity index (χ1n) is 7.56. The molecule has 1 amide bonds. The lowest BCUT2D eigenvalue weighted by Crippen LogP contribution is -2.33. The number of carbonyl (C=O) groups is 1. The second-order valence-corrected chi connectivity index (χ2v) is 6.03. The van der Waals surface area contributed by atoms with Crippen LogP contribution >= 0.6 is 0 Å². The summed E-state index contributed by atoms with van der Waals surface area (Å²) in [7, 11) is 0. The predicted molar refractivity (Wildman–Crippen MR) is 81.1 cm³/mol. The third-order valence-electron chi connectivity index (χ3n) is 4.16. The van der Waals surface area contributed by atoms with Gasteiger partial charge in [-0.2, -0.15) is 0 Å². The molecular formula is C16H21N3O3. The van der Waals surface area contributed by atoms with E-state index in [1.807, 2.05) is 37.5 Å². The van der Waals surface area contributed by atoms with Crippen LogP contribution in [0.3, 0.4) is 0 Å². The van der Waals surface area contributed by atoms with Gasteiger partial charge in [0, 0.05) is 24.0 Å². The second kappa shape index (κ2) is 5.61. The number of amides is 1. The van der Waals surface area contributed by atoms with Gasteiger partial charge < -0.3 is 14.9 Å². The van der Waals surface area contributed by atoms with Crippen molar-refractivity contribution < 1.29 is 14.4 Å². The van der Waals surface area contributed by atoms with Crippen LogP contribution in [0, 0.1) is 26.7 Å². The van der Waals surface area contributed by atoms with E-state index < -0.39 is 6.10 Å². The van der Waals surface area contributed by atoms with E-state index in [4.69, 9.17) is 4.52 Å². The number of rotatable bonds is 5. The van der Waals surface area contributed by atoms with Crippen molar-refractivity contribution >= 4 is 5.91 Å². The summed E-state index contributed by atoms with van der Waals surface area (Å²) in [5, 5.41) is 16.7. The number of hydrogen-bond acceptors (Lipinski definition) is 4. The number of aliphatic hydroxyl groups excluding tert-OH is 1.